The summed E-state index contributed by atoms with van der Waals surface area (Å²) in [5.74, 6) is -0.808. The summed E-state index contributed by atoms with van der Waals surface area (Å²) < 4.78 is 9.77. The number of carbonyl (C=O) groups is 2. The van der Waals surface area contributed by atoms with Crippen molar-refractivity contribution in [3.63, 3.8) is 0 Å². The minimum absolute atomic E-state index is 0.0537. The molecule has 0 N–H and O–H groups in total. The lowest BCUT2D eigenvalue weighted by molar-refractivity contribution is -0.156. The zero-order chi connectivity index (χ0) is 11.9. The largest absolute Gasteiger partial charge is 0.462 e. The van der Waals surface area contributed by atoms with E-state index in [1.54, 1.807) is 33.8 Å². The van der Waals surface area contributed by atoms with E-state index in [1.165, 1.54) is 6.08 Å². The molecule has 0 aliphatic rings. The van der Waals surface area contributed by atoms with Gasteiger partial charge in [0.2, 0.25) is 0 Å². The number of rotatable bonds is 4. The van der Waals surface area contributed by atoms with Gasteiger partial charge in [0.25, 0.3) is 0 Å². The number of esters is 2. The van der Waals surface area contributed by atoms with Crippen LogP contribution >= 0.6 is 0 Å². The molecule has 0 saturated carbocycles. The van der Waals surface area contributed by atoms with E-state index in [0.717, 1.165) is 0 Å². The lowest BCUT2D eigenvalue weighted by Gasteiger charge is -2.19. The van der Waals surface area contributed by atoms with Gasteiger partial charge in [-0.15, -0.1) is 0 Å². The van der Waals surface area contributed by atoms with Crippen molar-refractivity contribution in [3.05, 3.63) is 12.2 Å². The molecule has 0 aliphatic carbocycles. The summed E-state index contributed by atoms with van der Waals surface area (Å²) in [5.41, 5.74) is -0.496. The molecule has 0 rings (SSSR count). The topological polar surface area (TPSA) is 52.6 Å². The maximum atomic E-state index is 11.2. The molecule has 15 heavy (non-hydrogen) atoms. The fourth-order valence-electron chi connectivity index (χ4n) is 0.812. The molecule has 0 aromatic rings. The van der Waals surface area contributed by atoms with E-state index in [-0.39, 0.29) is 19.0 Å². The number of hydrogen-bond donors (Lipinski definition) is 0. The summed E-state index contributed by atoms with van der Waals surface area (Å²) in [5, 5.41) is 0. The molecule has 0 bridgehead atoms. The van der Waals surface area contributed by atoms with E-state index in [2.05, 4.69) is 0 Å². The van der Waals surface area contributed by atoms with Crippen molar-refractivity contribution in [2.24, 2.45) is 0 Å². The third kappa shape index (κ3) is 9.00. The average molecular weight is 214 g/mol. The Morgan fingerprint density at radius 2 is 1.87 bits per heavy atom. The van der Waals surface area contributed by atoms with Crippen LogP contribution in [0.25, 0.3) is 0 Å². The molecule has 0 aliphatic heterocycles. The zero-order valence-corrected chi connectivity index (χ0v) is 9.70. The predicted molar refractivity (Wildman–Crippen MR) is 56.2 cm³/mol. The highest BCUT2D eigenvalue weighted by Gasteiger charge is 2.16. The lowest BCUT2D eigenvalue weighted by atomic mass is 10.2. The van der Waals surface area contributed by atoms with Crippen LogP contribution in [0.1, 0.15) is 34.1 Å². The minimum Gasteiger partial charge on any atom is -0.462 e. The molecular formula is C11H18O4. The second-order valence-corrected chi connectivity index (χ2v) is 4.00. The quantitative estimate of drug-likeness (QED) is 0.529. The summed E-state index contributed by atoms with van der Waals surface area (Å²) in [7, 11) is 0. The molecule has 4 nitrogen and oxygen atoms in total. The molecule has 0 aromatic carbocycles. The highest BCUT2D eigenvalue weighted by Crippen LogP contribution is 2.08. The molecule has 0 spiro atoms. The van der Waals surface area contributed by atoms with Crippen molar-refractivity contribution in [2.75, 3.05) is 6.61 Å². The van der Waals surface area contributed by atoms with Gasteiger partial charge in [-0.1, -0.05) is 6.08 Å². The van der Waals surface area contributed by atoms with Crippen molar-refractivity contribution < 1.29 is 19.1 Å². The summed E-state index contributed by atoms with van der Waals surface area (Å²) in [6.45, 7) is 7.14. The minimum atomic E-state index is -0.496. The Morgan fingerprint density at radius 1 is 1.27 bits per heavy atom. The van der Waals surface area contributed by atoms with Crippen molar-refractivity contribution in [1.82, 2.24) is 0 Å². The zero-order valence-electron chi connectivity index (χ0n) is 9.70. The first-order chi connectivity index (χ1) is 6.85. The van der Waals surface area contributed by atoms with Crippen LogP contribution in [0.2, 0.25) is 0 Å². The molecule has 0 aromatic heterocycles. The number of allylic oxidation sites excluding steroid dienone is 1. The first-order valence-electron chi connectivity index (χ1n) is 4.86. The van der Waals surface area contributed by atoms with Crippen LogP contribution in [0.3, 0.4) is 0 Å². The Bertz CT molecular complexity index is 248. The third-order valence-corrected chi connectivity index (χ3v) is 1.27. The smallest absolute Gasteiger partial charge is 0.330 e. The van der Waals surface area contributed by atoms with Crippen LogP contribution in [-0.2, 0) is 19.1 Å². The van der Waals surface area contributed by atoms with E-state index in [0.29, 0.717) is 0 Å². The van der Waals surface area contributed by atoms with Gasteiger partial charge in [0, 0.05) is 6.08 Å². The summed E-state index contributed by atoms with van der Waals surface area (Å²) >= 11 is 0. The van der Waals surface area contributed by atoms with Gasteiger partial charge < -0.3 is 9.47 Å². The number of carbonyl (C=O) groups excluding carboxylic acids is 2. The Kier molecular flexibility index (Phi) is 5.67. The molecular weight excluding hydrogens is 196 g/mol. The molecule has 4 heteroatoms. The maximum absolute atomic E-state index is 11.2. The molecule has 0 heterocycles. The van der Waals surface area contributed by atoms with Crippen molar-refractivity contribution in [3.8, 4) is 0 Å². The van der Waals surface area contributed by atoms with Crippen LogP contribution in [0.5, 0.6) is 0 Å². The summed E-state index contributed by atoms with van der Waals surface area (Å²) in [6, 6.07) is 0. The molecule has 86 valence electrons. The van der Waals surface area contributed by atoms with Gasteiger partial charge >= 0.3 is 11.9 Å². The Hall–Kier alpha value is -1.32. The van der Waals surface area contributed by atoms with Crippen LogP contribution in [0.4, 0.5) is 0 Å². The molecule has 0 saturated heterocycles. The van der Waals surface area contributed by atoms with Gasteiger partial charge in [-0.05, 0) is 27.7 Å². The molecule has 0 radical (unpaired) electrons. The molecule has 0 fully saturated rings. The second-order valence-electron chi connectivity index (χ2n) is 4.00. The van der Waals surface area contributed by atoms with E-state index in [9.17, 15) is 9.59 Å². The van der Waals surface area contributed by atoms with Gasteiger partial charge in [-0.25, -0.2) is 4.79 Å². The molecule has 0 atom stereocenters. The SMILES string of the molecule is C/C=C/C(=O)OCCC(=O)OC(C)(C)C. The average Bonchev–Trinajstić information content (AvgIpc) is 2.00. The predicted octanol–water partition coefficient (Wildman–Crippen LogP) is 1.84. The molecule has 0 amide bonds. The highest BCUT2D eigenvalue weighted by atomic mass is 16.6. The first kappa shape index (κ1) is 13.7. The van der Waals surface area contributed by atoms with Gasteiger partial charge in [0.1, 0.15) is 12.2 Å². The Balaban J connectivity index is 3.69. The fraction of sp³-hybridized carbons (Fsp3) is 0.636. The van der Waals surface area contributed by atoms with Gasteiger partial charge in [0.05, 0.1) is 6.42 Å². The van der Waals surface area contributed by atoms with Crippen LogP contribution in [0, 0.1) is 0 Å². The Morgan fingerprint density at radius 3 is 2.33 bits per heavy atom. The van der Waals surface area contributed by atoms with Crippen LogP contribution < -0.4 is 0 Å². The lowest BCUT2D eigenvalue weighted by Crippen LogP contribution is -2.24. The van der Waals surface area contributed by atoms with Gasteiger partial charge in [0.15, 0.2) is 0 Å². The van der Waals surface area contributed by atoms with Crippen molar-refractivity contribution >= 4 is 11.9 Å². The van der Waals surface area contributed by atoms with Crippen LogP contribution in [-0.4, -0.2) is 24.1 Å². The number of ether oxygens (including phenoxy) is 2. The standard InChI is InChI=1S/C11H18O4/c1-5-6-9(12)14-8-7-10(13)15-11(2,3)4/h5-6H,7-8H2,1-4H3/b6-5+. The van der Waals surface area contributed by atoms with E-state index in [1.807, 2.05) is 0 Å². The summed E-state index contributed by atoms with van der Waals surface area (Å²) in [4.78, 5) is 22.0. The van der Waals surface area contributed by atoms with E-state index < -0.39 is 11.6 Å². The van der Waals surface area contributed by atoms with Crippen molar-refractivity contribution in [2.45, 2.75) is 39.7 Å². The highest BCUT2D eigenvalue weighted by molar-refractivity contribution is 5.82. The summed E-state index contributed by atoms with van der Waals surface area (Å²) in [6.07, 6.45) is 2.96. The van der Waals surface area contributed by atoms with Gasteiger partial charge in [-0.3, -0.25) is 4.79 Å². The Labute approximate surface area is 90.2 Å². The van der Waals surface area contributed by atoms with Crippen LogP contribution in [0.15, 0.2) is 12.2 Å². The maximum Gasteiger partial charge on any atom is 0.330 e. The fourth-order valence-corrected chi connectivity index (χ4v) is 0.812. The van der Waals surface area contributed by atoms with Gasteiger partial charge in [-0.2, -0.15) is 0 Å². The second kappa shape index (κ2) is 6.22. The monoisotopic (exact) mass is 214 g/mol. The number of hydrogen-bond acceptors (Lipinski definition) is 4. The normalized spacial score (nSPS) is 11.5. The van der Waals surface area contributed by atoms with E-state index in [4.69, 9.17) is 9.47 Å². The third-order valence-electron chi connectivity index (χ3n) is 1.27. The van der Waals surface area contributed by atoms with Crippen molar-refractivity contribution in [1.29, 1.82) is 0 Å². The van der Waals surface area contributed by atoms with E-state index >= 15 is 0 Å². The first-order valence-corrected chi connectivity index (χ1v) is 4.86. The molecule has 0 unspecified atom stereocenters.